The van der Waals surface area contributed by atoms with Crippen molar-refractivity contribution in [1.29, 1.82) is 0 Å². The summed E-state index contributed by atoms with van der Waals surface area (Å²) in [6, 6.07) is 20.0. The Morgan fingerprint density at radius 1 is 0.607 bits per heavy atom. The van der Waals surface area contributed by atoms with Crippen molar-refractivity contribution < 1.29 is 132 Å². The topological polar surface area (TPSA) is 341 Å². The van der Waals surface area contributed by atoms with E-state index in [0.29, 0.717) is 40.5 Å². The number of ketones is 1. The minimum absolute atomic E-state index is 0. The molecule has 0 radical (unpaired) electrons. The second-order valence-electron chi connectivity index (χ2n) is 12.6. The Balaban J connectivity index is 0.00000331. The van der Waals surface area contributed by atoms with Gasteiger partial charge in [-0.3, -0.25) is 10.2 Å². The number of carbonyl (C=O) groups is 1. The van der Waals surface area contributed by atoms with Crippen molar-refractivity contribution in [2.45, 2.75) is 23.6 Å². The molecule has 0 aromatic heterocycles. The van der Waals surface area contributed by atoms with Gasteiger partial charge in [-0.15, -0.1) is 10.2 Å². The number of benzene rings is 5. The molecule has 0 bridgehead atoms. The van der Waals surface area contributed by atoms with Crippen LogP contribution in [-0.4, -0.2) is 50.4 Å². The molecule has 0 heterocycles. The molecule has 298 valence electrons. The van der Waals surface area contributed by atoms with Crippen LogP contribution < -0.4 is 111 Å². The zero-order chi connectivity index (χ0) is 42.3. The van der Waals surface area contributed by atoms with Gasteiger partial charge in [-0.05, 0) is 121 Å². The Hall–Kier alpha value is -3.69. The van der Waals surface area contributed by atoms with Crippen LogP contribution in [0.4, 0.5) is 45.5 Å². The van der Waals surface area contributed by atoms with Gasteiger partial charge in [-0.1, -0.05) is 12.1 Å². The number of nitrogens with one attached hydrogen (secondary N) is 1. The van der Waals surface area contributed by atoms with Crippen molar-refractivity contribution in [3.8, 4) is 11.1 Å². The van der Waals surface area contributed by atoms with Crippen LogP contribution in [0.5, 0.6) is 0 Å². The SMILES string of the molecule is Cc1cc(-c2ccc(N=Nc3c(S(=O)(=O)[O-])cc4c(c3N)C(=O)C(=NNc3ccc(S(=O)(=O)[O-])cc3)C(S(=O)(=O)[O-])=C4)c(C)c2)ccc1N=Nc1ccc(N)cc1N.[Na+].[Na+].[Na+]. The number of aryl methyl sites for hydroxylation is 2. The molecule has 0 atom stereocenters. The Bertz CT molecular complexity index is 3040. The molecule has 5 aromatic carbocycles. The number of allylic oxidation sites excluding steroid dienone is 1. The van der Waals surface area contributed by atoms with Crippen molar-refractivity contribution >= 4 is 93.4 Å². The van der Waals surface area contributed by atoms with Crippen LogP contribution in [0.25, 0.3) is 17.2 Å². The molecule has 61 heavy (non-hydrogen) atoms. The molecule has 0 spiro atoms. The van der Waals surface area contributed by atoms with E-state index in [1.807, 2.05) is 19.1 Å². The number of nitrogen functional groups attached to an aromatic ring is 3. The largest absolute Gasteiger partial charge is 1.00 e. The minimum Gasteiger partial charge on any atom is -0.744 e. The van der Waals surface area contributed by atoms with E-state index in [-0.39, 0.29) is 100 Å². The maximum Gasteiger partial charge on any atom is 1.00 e. The van der Waals surface area contributed by atoms with E-state index in [1.165, 1.54) is 0 Å². The molecule has 6 rings (SSSR count). The summed E-state index contributed by atoms with van der Waals surface area (Å²) < 4.78 is 108. The summed E-state index contributed by atoms with van der Waals surface area (Å²) in [6.07, 6.45) is 0.619. The summed E-state index contributed by atoms with van der Waals surface area (Å²) in [5.74, 6) is -1.28. The number of hydrogen-bond donors (Lipinski definition) is 4. The fourth-order valence-corrected chi connectivity index (χ4v) is 7.45. The maximum atomic E-state index is 13.8. The smallest absolute Gasteiger partial charge is 0.744 e. The van der Waals surface area contributed by atoms with Crippen molar-refractivity contribution in [1.82, 2.24) is 0 Å². The molecule has 0 fully saturated rings. The number of Topliss-reactive ketones (excluding diaryl/α,β-unsaturated/α-hetero) is 1. The van der Waals surface area contributed by atoms with Gasteiger partial charge in [0.2, 0.25) is 5.78 Å². The van der Waals surface area contributed by atoms with E-state index in [9.17, 15) is 43.7 Å². The first-order valence-corrected chi connectivity index (χ1v) is 20.6. The molecule has 25 heteroatoms. The number of nitrogens with zero attached hydrogens (tertiary/aromatic N) is 5. The Kier molecular flexibility index (Phi) is 17.1. The second-order valence-corrected chi connectivity index (χ2v) is 16.7. The van der Waals surface area contributed by atoms with E-state index < -0.39 is 79.0 Å². The fraction of sp³-hybridized carbons (Fsp3) is 0.0556. The summed E-state index contributed by atoms with van der Waals surface area (Å²) in [7, 11) is -15.7. The average molecular weight is 912 g/mol. The van der Waals surface area contributed by atoms with Gasteiger partial charge in [0.1, 0.15) is 47.4 Å². The first kappa shape index (κ1) is 51.7. The minimum atomic E-state index is -5.48. The van der Waals surface area contributed by atoms with Gasteiger partial charge >= 0.3 is 88.7 Å². The third kappa shape index (κ3) is 11.9. The van der Waals surface area contributed by atoms with Gasteiger partial charge in [0.05, 0.1) is 48.7 Å². The predicted molar refractivity (Wildman–Crippen MR) is 211 cm³/mol. The molecule has 0 saturated carbocycles. The molecule has 0 amide bonds. The number of rotatable bonds is 10. The first-order chi connectivity index (χ1) is 27.1. The van der Waals surface area contributed by atoms with E-state index in [4.69, 9.17) is 17.2 Å². The van der Waals surface area contributed by atoms with Crippen LogP contribution >= 0.6 is 0 Å². The normalized spacial score (nSPS) is 13.6. The molecule has 1 aliphatic carbocycles. The zero-order valence-corrected chi connectivity index (χ0v) is 41.4. The summed E-state index contributed by atoms with van der Waals surface area (Å²) in [6.45, 7) is 3.54. The van der Waals surface area contributed by atoms with Gasteiger partial charge in [0, 0.05) is 5.69 Å². The quantitative estimate of drug-likeness (QED) is 0.0355. The maximum absolute atomic E-state index is 13.8. The molecule has 7 N–H and O–H groups in total. The molecular weight excluding hydrogens is 884 g/mol. The van der Waals surface area contributed by atoms with Gasteiger partial charge in [0.15, 0.2) is 0 Å². The van der Waals surface area contributed by atoms with Gasteiger partial charge < -0.3 is 30.9 Å². The van der Waals surface area contributed by atoms with Crippen LogP contribution in [0.2, 0.25) is 0 Å². The van der Waals surface area contributed by atoms with E-state index in [1.54, 1.807) is 49.4 Å². The number of hydrazone groups is 1. The molecule has 19 nitrogen and oxygen atoms in total. The van der Waals surface area contributed by atoms with Gasteiger partial charge in [-0.25, -0.2) is 25.3 Å². The molecule has 0 unspecified atom stereocenters. The van der Waals surface area contributed by atoms with Crippen molar-refractivity contribution in [2.24, 2.45) is 25.6 Å². The average Bonchev–Trinajstić information content (AvgIpc) is 3.13. The Morgan fingerprint density at radius 3 is 1.62 bits per heavy atom. The van der Waals surface area contributed by atoms with Crippen molar-refractivity contribution in [3.63, 3.8) is 0 Å². The molecule has 0 aliphatic heterocycles. The summed E-state index contributed by atoms with van der Waals surface area (Å²) in [4.78, 5) is 10.9. The molecule has 0 saturated heterocycles. The van der Waals surface area contributed by atoms with Crippen LogP contribution in [0.15, 0.2) is 125 Å². The predicted octanol–water partition coefficient (Wildman–Crippen LogP) is -3.08. The number of hydrogen-bond acceptors (Lipinski definition) is 19. The summed E-state index contributed by atoms with van der Waals surface area (Å²) in [5, 5.41) is 20.3. The van der Waals surface area contributed by atoms with E-state index in [2.05, 4.69) is 31.0 Å². The number of carbonyl (C=O) groups excluding carboxylic acids is 1. The summed E-state index contributed by atoms with van der Waals surface area (Å²) >= 11 is 0. The third-order valence-corrected chi connectivity index (χ3v) is 11.1. The monoisotopic (exact) mass is 911 g/mol. The van der Waals surface area contributed by atoms with Crippen LogP contribution in [-0.2, 0) is 30.4 Å². The molecule has 5 aromatic rings. The Morgan fingerprint density at radius 2 is 1.13 bits per heavy atom. The number of anilines is 4. The number of azo groups is 2. The fourth-order valence-electron chi connectivity index (χ4n) is 5.67. The third-order valence-electron chi connectivity index (χ3n) is 8.58. The van der Waals surface area contributed by atoms with Gasteiger partial charge in [-0.2, -0.15) is 15.3 Å². The van der Waals surface area contributed by atoms with Crippen LogP contribution in [0.3, 0.4) is 0 Å². The Labute approximate surface area is 416 Å². The molecular formula is C36H28N9Na3O10S3. The number of fused-ring (bicyclic) bond motifs is 1. The molecule has 1 aliphatic rings. The standard InChI is InChI=1S/C36H31N9O10S3.3Na/c1-18-13-20(3-10-27(18)41-43-29-12-5-23(37)17-26(29)38)21-4-11-28(19(2)14-21)42-44-34-30(57(50,51)52)15-22-16-31(58(53,54)55)35(36(46)32(22)33(34)39)45-40-24-6-8-25(9-7-24)56(47,48)49;;;/h3-17,40H,37-39H2,1-2H3,(H,47,48,49)(H,50,51,52)(H,53,54,55);;;/q;3*+1/p-3. The number of nitrogens with two attached hydrogens (primary N) is 3. The van der Waals surface area contributed by atoms with E-state index in [0.717, 1.165) is 41.0 Å². The van der Waals surface area contributed by atoms with Crippen LogP contribution in [0, 0.1) is 13.8 Å². The van der Waals surface area contributed by atoms with Gasteiger partial charge in [0.25, 0.3) is 0 Å². The zero-order valence-electron chi connectivity index (χ0n) is 32.9. The van der Waals surface area contributed by atoms with Crippen molar-refractivity contribution in [3.05, 3.63) is 112 Å². The first-order valence-electron chi connectivity index (χ1n) is 16.4. The van der Waals surface area contributed by atoms with E-state index >= 15 is 0 Å². The van der Waals surface area contributed by atoms with Crippen LogP contribution in [0.1, 0.15) is 27.0 Å². The second kappa shape index (κ2) is 20.2. The van der Waals surface area contributed by atoms with Crippen molar-refractivity contribution in [2.75, 3.05) is 22.6 Å². The summed E-state index contributed by atoms with van der Waals surface area (Å²) in [5.41, 5.74) is 21.8.